The lowest BCUT2D eigenvalue weighted by atomic mass is 9.83. The lowest BCUT2D eigenvalue weighted by molar-refractivity contribution is 0.408. The van der Waals surface area contributed by atoms with Gasteiger partial charge in [0, 0.05) is 28.5 Å². The number of hydrogen-bond donors (Lipinski definition) is 0. The zero-order valence-electron chi connectivity index (χ0n) is 16.3. The summed E-state index contributed by atoms with van der Waals surface area (Å²) in [6.45, 7) is 4.05. The lowest BCUT2D eigenvalue weighted by Gasteiger charge is -2.25. The highest BCUT2D eigenvalue weighted by molar-refractivity contribution is 5.90. The van der Waals surface area contributed by atoms with Crippen LogP contribution in [0.15, 0.2) is 69.7 Å². The molecule has 1 aromatic heterocycles. The Morgan fingerprint density at radius 3 is 2.54 bits per heavy atom. The van der Waals surface area contributed by atoms with Gasteiger partial charge in [-0.15, -0.1) is 10.2 Å². The maximum atomic E-state index is 6.07. The Balaban J connectivity index is 1.72. The fourth-order valence-electron chi connectivity index (χ4n) is 3.77. The number of nitrogens with zero attached hydrogens (tertiary/aromatic N) is 3. The molecule has 0 saturated heterocycles. The number of rotatable bonds is 5. The molecule has 0 bridgehead atoms. The standard InChI is InChI=1S/C23H23N3O2/c1-15-13-19(18-11-7-8-12-20(18)27-3)22(16(2)24-15)23-26-25-21(28-23)14-17-9-5-4-6-10-17/h4-12,19H,13-14H2,1-3H3. The van der Waals surface area contributed by atoms with Gasteiger partial charge in [-0.05, 0) is 31.9 Å². The molecule has 0 radical (unpaired) electrons. The summed E-state index contributed by atoms with van der Waals surface area (Å²) in [5.41, 5.74) is 5.22. The molecule has 0 amide bonds. The van der Waals surface area contributed by atoms with Gasteiger partial charge in [0.25, 0.3) is 0 Å². The molecule has 0 aliphatic carbocycles. The molecule has 0 saturated carbocycles. The fourth-order valence-corrected chi connectivity index (χ4v) is 3.77. The highest BCUT2D eigenvalue weighted by Gasteiger charge is 2.30. The summed E-state index contributed by atoms with van der Waals surface area (Å²) in [6.07, 6.45) is 1.41. The van der Waals surface area contributed by atoms with Gasteiger partial charge in [0.05, 0.1) is 13.5 Å². The van der Waals surface area contributed by atoms with E-state index in [1.54, 1.807) is 7.11 Å². The SMILES string of the molecule is COc1ccccc1C1CC(C)=NC(C)=C1c1nnc(Cc2ccccc2)o1. The first-order chi connectivity index (χ1) is 13.7. The van der Waals surface area contributed by atoms with Crippen molar-refractivity contribution in [1.82, 2.24) is 10.2 Å². The van der Waals surface area contributed by atoms with E-state index in [0.29, 0.717) is 18.2 Å². The van der Waals surface area contributed by atoms with Crippen LogP contribution in [-0.2, 0) is 6.42 Å². The third kappa shape index (κ3) is 3.60. The van der Waals surface area contributed by atoms with Crippen LogP contribution in [0.2, 0.25) is 0 Å². The van der Waals surface area contributed by atoms with E-state index in [2.05, 4.69) is 35.3 Å². The molecule has 5 nitrogen and oxygen atoms in total. The molecule has 0 spiro atoms. The van der Waals surface area contributed by atoms with Crippen LogP contribution in [-0.4, -0.2) is 23.0 Å². The van der Waals surface area contributed by atoms with Crippen molar-refractivity contribution >= 4 is 11.3 Å². The first-order valence-corrected chi connectivity index (χ1v) is 9.40. The minimum absolute atomic E-state index is 0.0682. The van der Waals surface area contributed by atoms with Gasteiger partial charge in [-0.3, -0.25) is 4.99 Å². The Morgan fingerprint density at radius 2 is 1.75 bits per heavy atom. The number of hydrogen-bond acceptors (Lipinski definition) is 5. The summed E-state index contributed by atoms with van der Waals surface area (Å²) in [4.78, 5) is 4.69. The van der Waals surface area contributed by atoms with Crippen molar-refractivity contribution < 1.29 is 9.15 Å². The normalized spacial score (nSPS) is 16.8. The highest BCUT2D eigenvalue weighted by atomic mass is 16.5. The fraction of sp³-hybridized carbons (Fsp3) is 0.261. The number of allylic oxidation sites excluding steroid dienone is 2. The van der Waals surface area contributed by atoms with Crippen molar-refractivity contribution in [3.63, 3.8) is 0 Å². The summed E-state index contributed by atoms with van der Waals surface area (Å²) >= 11 is 0. The number of para-hydroxylation sites is 1. The van der Waals surface area contributed by atoms with E-state index in [4.69, 9.17) is 14.1 Å². The summed E-state index contributed by atoms with van der Waals surface area (Å²) in [5, 5.41) is 8.64. The van der Waals surface area contributed by atoms with E-state index < -0.39 is 0 Å². The number of aliphatic imine (C=N–C) groups is 1. The summed E-state index contributed by atoms with van der Waals surface area (Å²) in [7, 11) is 1.70. The van der Waals surface area contributed by atoms with Crippen LogP contribution in [0.25, 0.3) is 5.57 Å². The van der Waals surface area contributed by atoms with Crippen LogP contribution in [0.4, 0.5) is 0 Å². The molecular formula is C23H23N3O2. The lowest BCUT2D eigenvalue weighted by Crippen LogP contribution is -2.14. The first-order valence-electron chi connectivity index (χ1n) is 9.40. The predicted octanol–water partition coefficient (Wildman–Crippen LogP) is 5.05. The number of aromatic nitrogens is 2. The molecule has 1 aliphatic rings. The number of benzene rings is 2. The van der Waals surface area contributed by atoms with Crippen molar-refractivity contribution in [3.05, 3.63) is 83.2 Å². The van der Waals surface area contributed by atoms with Gasteiger partial charge >= 0.3 is 0 Å². The molecule has 2 heterocycles. The van der Waals surface area contributed by atoms with E-state index >= 15 is 0 Å². The van der Waals surface area contributed by atoms with E-state index in [0.717, 1.165) is 40.3 Å². The van der Waals surface area contributed by atoms with Crippen molar-refractivity contribution in [2.75, 3.05) is 7.11 Å². The topological polar surface area (TPSA) is 60.5 Å². The molecule has 142 valence electrons. The molecule has 0 N–H and O–H groups in total. The largest absolute Gasteiger partial charge is 0.496 e. The van der Waals surface area contributed by atoms with Gasteiger partial charge < -0.3 is 9.15 Å². The minimum atomic E-state index is 0.0682. The zero-order valence-corrected chi connectivity index (χ0v) is 16.3. The van der Waals surface area contributed by atoms with Crippen LogP contribution in [0.3, 0.4) is 0 Å². The van der Waals surface area contributed by atoms with Crippen LogP contribution in [0, 0.1) is 0 Å². The van der Waals surface area contributed by atoms with Gasteiger partial charge in [-0.25, -0.2) is 0 Å². The molecule has 28 heavy (non-hydrogen) atoms. The van der Waals surface area contributed by atoms with Crippen molar-refractivity contribution in [2.45, 2.75) is 32.6 Å². The van der Waals surface area contributed by atoms with E-state index in [1.165, 1.54) is 0 Å². The van der Waals surface area contributed by atoms with E-state index in [-0.39, 0.29) is 5.92 Å². The maximum Gasteiger partial charge on any atom is 0.246 e. The molecule has 0 fully saturated rings. The number of methoxy groups -OCH3 is 1. The van der Waals surface area contributed by atoms with Gasteiger partial charge in [-0.1, -0.05) is 48.5 Å². The van der Waals surface area contributed by atoms with Crippen LogP contribution in [0.5, 0.6) is 5.75 Å². The average Bonchev–Trinajstić information content (AvgIpc) is 3.16. The third-order valence-corrected chi connectivity index (χ3v) is 5.01. The molecular weight excluding hydrogens is 350 g/mol. The second-order valence-electron chi connectivity index (χ2n) is 7.01. The molecule has 1 aliphatic heterocycles. The Kier molecular flexibility index (Phi) is 5.06. The highest BCUT2D eigenvalue weighted by Crippen LogP contribution is 2.43. The Morgan fingerprint density at radius 1 is 1.00 bits per heavy atom. The predicted molar refractivity (Wildman–Crippen MR) is 110 cm³/mol. The molecule has 4 rings (SSSR count). The molecule has 1 unspecified atom stereocenters. The monoisotopic (exact) mass is 373 g/mol. The van der Waals surface area contributed by atoms with Gasteiger partial charge in [-0.2, -0.15) is 0 Å². The van der Waals surface area contributed by atoms with E-state index in [9.17, 15) is 0 Å². The Bertz CT molecular complexity index is 1030. The van der Waals surface area contributed by atoms with Crippen molar-refractivity contribution in [2.24, 2.45) is 4.99 Å². The summed E-state index contributed by atoms with van der Waals surface area (Å²) in [6, 6.07) is 18.2. The molecule has 1 atom stereocenters. The molecule has 5 heteroatoms. The van der Waals surface area contributed by atoms with Crippen LogP contribution < -0.4 is 4.74 Å². The van der Waals surface area contributed by atoms with E-state index in [1.807, 2.05) is 43.3 Å². The summed E-state index contributed by atoms with van der Waals surface area (Å²) < 4.78 is 11.7. The Hall–Kier alpha value is -3.21. The van der Waals surface area contributed by atoms with Crippen LogP contribution >= 0.6 is 0 Å². The zero-order chi connectivity index (χ0) is 19.5. The van der Waals surface area contributed by atoms with Crippen molar-refractivity contribution in [3.8, 4) is 5.75 Å². The smallest absolute Gasteiger partial charge is 0.246 e. The summed E-state index contributed by atoms with van der Waals surface area (Å²) in [5.74, 6) is 2.07. The van der Waals surface area contributed by atoms with Crippen molar-refractivity contribution in [1.29, 1.82) is 0 Å². The van der Waals surface area contributed by atoms with Gasteiger partial charge in [0.1, 0.15) is 5.75 Å². The van der Waals surface area contributed by atoms with Gasteiger partial charge in [0.2, 0.25) is 11.8 Å². The second kappa shape index (κ2) is 7.80. The first kappa shape index (κ1) is 18.2. The second-order valence-corrected chi connectivity index (χ2v) is 7.01. The average molecular weight is 373 g/mol. The van der Waals surface area contributed by atoms with Crippen LogP contribution in [0.1, 0.15) is 49.1 Å². The minimum Gasteiger partial charge on any atom is -0.496 e. The molecule has 2 aromatic carbocycles. The van der Waals surface area contributed by atoms with Gasteiger partial charge in [0.15, 0.2) is 0 Å². The third-order valence-electron chi connectivity index (χ3n) is 5.01. The number of ether oxygens (including phenoxy) is 1. The quantitative estimate of drug-likeness (QED) is 0.628. The Labute approximate surface area is 164 Å². The molecule has 3 aromatic rings. The maximum absolute atomic E-state index is 6.07.